The average Bonchev–Trinajstić information content (AvgIpc) is 1.56. The highest BCUT2D eigenvalue weighted by molar-refractivity contribution is 7.26. The molecule has 0 bridgehead atoms. The lowest BCUT2D eigenvalue weighted by atomic mass is 10.0. The number of thiophene rings is 2. The predicted molar refractivity (Wildman–Crippen MR) is 425 cm³/mol. The van der Waals surface area contributed by atoms with Crippen LogP contribution in [0, 0.1) is 0 Å². The molecule has 3 unspecified atom stereocenters. The Hall–Kier alpha value is -12.3. The van der Waals surface area contributed by atoms with Crippen LogP contribution in [0.25, 0.3) is 150 Å². The molecule has 0 saturated heterocycles. The highest BCUT2D eigenvalue weighted by Gasteiger charge is 2.29. The Morgan fingerprint density at radius 3 is 1.93 bits per heavy atom. The lowest BCUT2D eigenvalue weighted by Crippen LogP contribution is -2.39. The zero-order chi connectivity index (χ0) is 67.1. The fraction of sp³-hybridized carbons (Fsp3) is 0.0444. The van der Waals surface area contributed by atoms with E-state index in [1.165, 1.54) is 56.7 Å². The van der Waals surface area contributed by atoms with Crippen LogP contribution in [0.15, 0.2) is 322 Å². The zero-order valence-electron chi connectivity index (χ0n) is 54.8. The molecule has 0 spiro atoms. The molecule has 0 radical (unpaired) electrons. The zero-order valence-corrected chi connectivity index (χ0v) is 56.4. The Morgan fingerprint density at radius 1 is 0.441 bits per heavy atom. The third-order valence-corrected chi connectivity index (χ3v) is 23.2. The van der Waals surface area contributed by atoms with Crippen LogP contribution >= 0.6 is 22.7 Å². The highest BCUT2D eigenvalue weighted by atomic mass is 32.1. The summed E-state index contributed by atoms with van der Waals surface area (Å²) in [6.45, 7) is 0.560. The van der Waals surface area contributed by atoms with Crippen molar-refractivity contribution < 1.29 is 8.83 Å². The molecule has 0 amide bonds. The van der Waals surface area contributed by atoms with Crippen molar-refractivity contribution in [1.29, 1.82) is 0 Å². The normalized spacial score (nSPS) is 14.3. The van der Waals surface area contributed by atoms with E-state index in [9.17, 15) is 0 Å². The van der Waals surface area contributed by atoms with Crippen molar-refractivity contribution in [2.45, 2.75) is 25.0 Å². The van der Waals surface area contributed by atoms with Crippen molar-refractivity contribution in [3.63, 3.8) is 0 Å². The van der Waals surface area contributed by atoms with E-state index < -0.39 is 6.17 Å². The van der Waals surface area contributed by atoms with Crippen molar-refractivity contribution in [2.75, 3.05) is 0 Å². The van der Waals surface area contributed by atoms with Crippen molar-refractivity contribution in [1.82, 2.24) is 25.1 Å². The number of nitrogens with zero attached hydrogens (tertiary/aromatic N) is 4. The minimum atomic E-state index is -0.462. The van der Waals surface area contributed by atoms with E-state index in [0.717, 1.165) is 133 Å². The first-order valence-corrected chi connectivity index (χ1v) is 36.2. The quantitative estimate of drug-likeness (QED) is 0.0853. The van der Waals surface area contributed by atoms with Gasteiger partial charge in [0.15, 0.2) is 5.84 Å². The summed E-state index contributed by atoms with van der Waals surface area (Å²) >= 11 is 3.64. The molecule has 0 saturated carbocycles. The number of hydrogen-bond acceptors (Lipinski definition) is 10. The smallest absolute Gasteiger partial charge is 0.160 e. The topological polar surface area (TPSA) is 123 Å². The van der Waals surface area contributed by atoms with Gasteiger partial charge in [-0.2, -0.15) is 0 Å². The fourth-order valence-corrected chi connectivity index (χ4v) is 18.7. The van der Waals surface area contributed by atoms with Crippen LogP contribution < -0.4 is 21.7 Å². The van der Waals surface area contributed by atoms with Crippen molar-refractivity contribution >= 4 is 162 Å². The van der Waals surface area contributed by atoms with E-state index in [1.54, 1.807) is 0 Å². The van der Waals surface area contributed by atoms with Crippen molar-refractivity contribution in [2.24, 2.45) is 15.7 Å². The van der Waals surface area contributed by atoms with Crippen LogP contribution in [0.5, 0.6) is 0 Å². The first-order chi connectivity index (χ1) is 50.5. The van der Waals surface area contributed by atoms with Gasteiger partial charge in [0.2, 0.25) is 0 Å². The summed E-state index contributed by atoms with van der Waals surface area (Å²) in [4.78, 5) is 10.9. The summed E-state index contributed by atoms with van der Waals surface area (Å²) in [7, 11) is 0. The van der Waals surface area contributed by atoms with Gasteiger partial charge in [-0.15, -0.1) is 22.7 Å². The number of amidine groups is 2. The second kappa shape index (κ2) is 23.4. The molecule has 6 aromatic heterocycles. The molecule has 3 atom stereocenters. The first kappa shape index (κ1) is 58.7. The van der Waals surface area contributed by atoms with E-state index in [1.807, 2.05) is 59.1 Å². The Labute approximate surface area is 592 Å². The molecule has 1 aliphatic heterocycles. The van der Waals surface area contributed by atoms with Crippen LogP contribution in [0.4, 0.5) is 0 Å². The summed E-state index contributed by atoms with van der Waals surface area (Å²) in [6, 6.07) is 108. The number of aliphatic imine (C=N–C) groups is 2. The van der Waals surface area contributed by atoms with Gasteiger partial charge in [0.05, 0.1) is 45.5 Å². The molecule has 0 fully saturated rings. The van der Waals surface area contributed by atoms with Gasteiger partial charge in [-0.05, 0) is 89.5 Å². The fourth-order valence-electron chi connectivity index (χ4n) is 16.2. The van der Waals surface area contributed by atoms with Gasteiger partial charge in [-0.3, -0.25) is 10.6 Å². The number of para-hydroxylation sites is 4. The SMILES string of the molecule is NC(NC(NCc1cccc2c1c1ccccc1n2-c1cccc2oc3ccccc3c12)c1cccc2c1sc1cc(-c3cccc4c3oc3ccc(-n5c6ccccc6c6c(C7=NC(c8cccc9c8sc8ccccc89)NC(c8ccccc8)=N7)cccc65)cc34)ccc12)c1ccccc1. The van der Waals surface area contributed by atoms with Gasteiger partial charge in [0.1, 0.15) is 34.3 Å². The molecule has 1 aliphatic rings. The molecule has 14 aromatic carbocycles. The van der Waals surface area contributed by atoms with Gasteiger partial charge in [0.25, 0.3) is 0 Å². The average molecular weight is 1350 g/mol. The molecule has 21 rings (SSSR count). The summed E-state index contributed by atoms with van der Waals surface area (Å²) in [5.41, 5.74) is 25.6. The number of hydrogen-bond donors (Lipinski definition) is 4. The minimum Gasteiger partial charge on any atom is -0.456 e. The van der Waals surface area contributed by atoms with Crippen molar-refractivity contribution in [3.05, 3.63) is 337 Å². The van der Waals surface area contributed by atoms with Crippen LogP contribution in [-0.4, -0.2) is 20.8 Å². The van der Waals surface area contributed by atoms with Gasteiger partial charge >= 0.3 is 0 Å². The maximum atomic E-state index is 7.18. The number of fused-ring (bicyclic) bond motifs is 18. The highest BCUT2D eigenvalue weighted by Crippen LogP contribution is 2.46. The van der Waals surface area contributed by atoms with Crippen LogP contribution in [0.2, 0.25) is 0 Å². The van der Waals surface area contributed by atoms with E-state index in [-0.39, 0.29) is 12.3 Å². The number of benzene rings is 14. The van der Waals surface area contributed by atoms with E-state index in [2.05, 4.69) is 292 Å². The van der Waals surface area contributed by atoms with E-state index >= 15 is 0 Å². The van der Waals surface area contributed by atoms with Gasteiger partial charge in [0, 0.05) is 118 Å². The molecule has 0 aliphatic carbocycles. The summed E-state index contributed by atoms with van der Waals surface area (Å²) in [5, 5.41) is 25.5. The standard InChI is InChI=1S/C90H60N8O2S2/c91-86(52-21-3-1-4-22-52)93-88(92-51-55-25-15-39-72-80(55)63-27-7-12-38-71(63)98(72)74-41-20-43-77-82(74)65-29-9-13-42-75(65)99-77)67-35-17-33-62-59-47-45-54(49-79(59)102-84(62)67)57-30-16-31-60-69-50-56(46-48-76(69)100-83(57)60)97-70-37-11-8-28-64(70)81-66(34-19-40-73(81)97)89-94-87(53-23-5-2-6-24-53)95-90(96-89)68-36-18-32-61-58-26-10-14-44-78(58)101-85(61)68/h1-50,86,88,90,92-93H,51,91H2,(H,94,95,96). The molecule has 20 aromatic rings. The Bertz CT molecular complexity index is 6890. The Balaban J connectivity index is 0.643. The van der Waals surface area contributed by atoms with E-state index in [0.29, 0.717) is 12.4 Å². The maximum absolute atomic E-state index is 7.18. The number of furan rings is 2. The summed E-state index contributed by atoms with van der Waals surface area (Å²) < 4.78 is 23.1. The maximum Gasteiger partial charge on any atom is 0.160 e. The first-order valence-electron chi connectivity index (χ1n) is 34.5. The van der Waals surface area contributed by atoms with Gasteiger partial charge in [-0.1, -0.05) is 231 Å². The number of nitrogens with one attached hydrogen (secondary N) is 3. The molecular formula is C90H60N8O2S2. The Morgan fingerprint density at radius 2 is 1.07 bits per heavy atom. The number of aromatic nitrogens is 2. The largest absolute Gasteiger partial charge is 0.456 e. The van der Waals surface area contributed by atoms with Crippen molar-refractivity contribution in [3.8, 4) is 22.5 Å². The molecule has 5 N–H and O–H groups in total. The number of rotatable bonds is 13. The predicted octanol–water partition coefficient (Wildman–Crippen LogP) is 22.6. The second-order valence-corrected chi connectivity index (χ2v) is 28.6. The molecule has 484 valence electrons. The summed E-state index contributed by atoms with van der Waals surface area (Å²) in [6.07, 6.45) is -1.19. The lowest BCUT2D eigenvalue weighted by molar-refractivity contribution is 0.388. The molecule has 12 heteroatoms. The van der Waals surface area contributed by atoms with Gasteiger partial charge in [-0.25, -0.2) is 9.98 Å². The monoisotopic (exact) mass is 1350 g/mol. The molecular weight excluding hydrogens is 1290 g/mol. The Kier molecular flexibility index (Phi) is 13.5. The third kappa shape index (κ3) is 9.28. The van der Waals surface area contributed by atoms with Crippen LogP contribution in [-0.2, 0) is 6.54 Å². The third-order valence-electron chi connectivity index (χ3n) is 20.8. The number of nitrogens with two attached hydrogens (primary N) is 1. The van der Waals surface area contributed by atoms with Crippen LogP contribution in [0.3, 0.4) is 0 Å². The van der Waals surface area contributed by atoms with Crippen LogP contribution in [0.1, 0.15) is 51.9 Å². The molecule has 7 heterocycles. The molecule has 10 nitrogen and oxygen atoms in total. The lowest BCUT2D eigenvalue weighted by Gasteiger charge is -2.26. The van der Waals surface area contributed by atoms with Gasteiger partial charge < -0.3 is 29.0 Å². The summed E-state index contributed by atoms with van der Waals surface area (Å²) in [5.74, 6) is 1.47. The van der Waals surface area contributed by atoms with E-state index in [4.69, 9.17) is 24.6 Å². The minimum absolute atomic E-state index is 0.344. The second-order valence-electron chi connectivity index (χ2n) is 26.5. The molecule has 102 heavy (non-hydrogen) atoms.